The van der Waals surface area contributed by atoms with Gasteiger partial charge in [0.1, 0.15) is 30.5 Å². The Kier molecular flexibility index (Phi) is 9.56. The van der Waals surface area contributed by atoms with E-state index in [1.807, 2.05) is 6.07 Å². The summed E-state index contributed by atoms with van der Waals surface area (Å²) < 4.78 is 16.7. The molecule has 0 radical (unpaired) electrons. The summed E-state index contributed by atoms with van der Waals surface area (Å²) in [5.41, 5.74) is 1.64. The Morgan fingerprint density at radius 1 is 0.952 bits per heavy atom. The first kappa shape index (κ1) is 30.6. The lowest BCUT2D eigenvalue weighted by molar-refractivity contribution is -0.141. The van der Waals surface area contributed by atoms with Gasteiger partial charge in [-0.2, -0.15) is 0 Å². The Hall–Kier alpha value is -4.32. The number of aliphatic hydroxyl groups is 1. The van der Waals surface area contributed by atoms with Crippen LogP contribution in [0.2, 0.25) is 0 Å². The molecular weight excluding hydrogens is 544 g/mol. The van der Waals surface area contributed by atoms with Crippen LogP contribution in [0.3, 0.4) is 0 Å². The summed E-state index contributed by atoms with van der Waals surface area (Å²) in [4.78, 5) is 54.4. The lowest BCUT2D eigenvalue weighted by atomic mass is 9.99. The van der Waals surface area contributed by atoms with Gasteiger partial charge in [0, 0.05) is 13.0 Å². The Labute approximate surface area is 244 Å². The number of hydrogen-bond donors (Lipinski definition) is 4. The number of methoxy groups -OCH3 is 2. The summed E-state index contributed by atoms with van der Waals surface area (Å²) in [5, 5.41) is 18.4. The highest BCUT2D eigenvalue weighted by atomic mass is 16.5. The topological polar surface area (TPSA) is 156 Å². The predicted molar refractivity (Wildman–Crippen MR) is 153 cm³/mol. The van der Waals surface area contributed by atoms with Crippen LogP contribution in [0.25, 0.3) is 11.1 Å². The van der Waals surface area contributed by atoms with Crippen LogP contribution < -0.4 is 30.2 Å². The monoisotopic (exact) mass is 582 g/mol. The molecule has 2 heterocycles. The van der Waals surface area contributed by atoms with Crippen molar-refractivity contribution in [3.05, 3.63) is 42.0 Å². The van der Waals surface area contributed by atoms with Gasteiger partial charge in [0.25, 0.3) is 5.91 Å². The molecule has 226 valence electrons. The van der Waals surface area contributed by atoms with Crippen LogP contribution in [0.4, 0.5) is 0 Å². The van der Waals surface area contributed by atoms with Crippen LogP contribution in [0.5, 0.6) is 17.2 Å². The normalized spacial score (nSPS) is 23.7. The minimum absolute atomic E-state index is 0.0201. The van der Waals surface area contributed by atoms with E-state index in [0.29, 0.717) is 17.1 Å². The van der Waals surface area contributed by atoms with Crippen LogP contribution in [0.15, 0.2) is 36.4 Å². The zero-order chi connectivity index (χ0) is 30.6. The molecule has 4 atom stereocenters. The number of nitrogens with zero attached hydrogens (tertiary/aromatic N) is 1. The number of amides is 4. The predicted octanol–water partition coefficient (Wildman–Crippen LogP) is 1.10. The quantitative estimate of drug-likeness (QED) is 0.418. The van der Waals surface area contributed by atoms with Crippen LogP contribution in [0.1, 0.15) is 37.6 Å². The SMILES string of the molecule is COc1ccc(-c2ccc3c(c2)C(=O)N[C@@H](C(C)C)C(=O)N[C@H](C)C(=O)N2C[C@@H](O)C[C@H]2C(=O)NCCO3)cc1OC. The fourth-order valence-corrected chi connectivity index (χ4v) is 5.16. The van der Waals surface area contributed by atoms with E-state index in [0.717, 1.165) is 5.56 Å². The molecular formula is C30H38N4O8. The van der Waals surface area contributed by atoms with E-state index in [2.05, 4.69) is 16.0 Å². The molecule has 12 heteroatoms. The van der Waals surface area contributed by atoms with Gasteiger partial charge < -0.3 is 40.2 Å². The number of carbonyl (C=O) groups excluding carboxylic acids is 4. The molecule has 0 spiro atoms. The van der Waals surface area contributed by atoms with Gasteiger partial charge >= 0.3 is 0 Å². The lowest BCUT2D eigenvalue weighted by Gasteiger charge is -2.29. The van der Waals surface area contributed by atoms with Gasteiger partial charge in [-0.3, -0.25) is 19.2 Å². The molecule has 42 heavy (non-hydrogen) atoms. The Morgan fingerprint density at radius 3 is 2.33 bits per heavy atom. The molecule has 4 rings (SSSR count). The fraction of sp³-hybridized carbons (Fsp3) is 0.467. The van der Waals surface area contributed by atoms with Gasteiger partial charge in [0.2, 0.25) is 17.7 Å². The maximum atomic E-state index is 13.7. The van der Waals surface area contributed by atoms with Gasteiger partial charge in [-0.1, -0.05) is 26.0 Å². The molecule has 0 bridgehead atoms. The zero-order valence-electron chi connectivity index (χ0n) is 24.4. The second-order valence-electron chi connectivity index (χ2n) is 10.7. The number of ether oxygens (including phenoxy) is 3. The highest BCUT2D eigenvalue weighted by Crippen LogP contribution is 2.34. The minimum Gasteiger partial charge on any atom is -0.493 e. The second-order valence-corrected chi connectivity index (χ2v) is 10.7. The van der Waals surface area contributed by atoms with Crippen LogP contribution in [0, 0.1) is 5.92 Å². The molecule has 0 unspecified atom stereocenters. The molecule has 4 N–H and O–H groups in total. The smallest absolute Gasteiger partial charge is 0.255 e. The number of nitrogens with one attached hydrogen (secondary N) is 3. The van der Waals surface area contributed by atoms with Crippen LogP contribution >= 0.6 is 0 Å². The molecule has 0 aromatic heterocycles. The number of aliphatic hydroxyl groups excluding tert-OH is 1. The van der Waals surface area contributed by atoms with E-state index in [9.17, 15) is 24.3 Å². The minimum atomic E-state index is -0.989. The third-order valence-electron chi connectivity index (χ3n) is 7.43. The molecule has 2 aliphatic rings. The Balaban J connectivity index is 1.70. The first-order valence-corrected chi connectivity index (χ1v) is 13.9. The number of carbonyl (C=O) groups is 4. The Bertz CT molecular complexity index is 1350. The zero-order valence-corrected chi connectivity index (χ0v) is 24.4. The van der Waals surface area contributed by atoms with Gasteiger partial charge in [-0.25, -0.2) is 0 Å². The second kappa shape index (κ2) is 13.1. The molecule has 2 aliphatic heterocycles. The third-order valence-corrected chi connectivity index (χ3v) is 7.43. The van der Waals surface area contributed by atoms with Crippen molar-refractivity contribution in [1.29, 1.82) is 0 Å². The van der Waals surface area contributed by atoms with Crippen molar-refractivity contribution >= 4 is 23.6 Å². The van der Waals surface area contributed by atoms with Gasteiger partial charge in [0.05, 0.1) is 32.4 Å². The molecule has 12 nitrogen and oxygen atoms in total. The molecule has 0 saturated carbocycles. The molecule has 2 aromatic carbocycles. The van der Waals surface area contributed by atoms with Crippen molar-refractivity contribution < 1.29 is 38.5 Å². The molecule has 2 aromatic rings. The average molecular weight is 583 g/mol. The lowest BCUT2D eigenvalue weighted by Crippen LogP contribution is -2.57. The summed E-state index contributed by atoms with van der Waals surface area (Å²) in [5.74, 6) is -0.999. The largest absolute Gasteiger partial charge is 0.493 e. The number of benzene rings is 2. The van der Waals surface area contributed by atoms with Gasteiger partial charge in [-0.15, -0.1) is 0 Å². The summed E-state index contributed by atoms with van der Waals surface area (Å²) >= 11 is 0. The number of rotatable bonds is 4. The van der Waals surface area contributed by atoms with Crippen molar-refractivity contribution in [3.63, 3.8) is 0 Å². The van der Waals surface area contributed by atoms with Crippen LogP contribution in [-0.2, 0) is 14.4 Å². The van der Waals surface area contributed by atoms with E-state index in [1.54, 1.807) is 51.3 Å². The summed E-state index contributed by atoms with van der Waals surface area (Å²) in [6, 6.07) is 7.66. The number of hydrogen-bond acceptors (Lipinski definition) is 8. The van der Waals surface area contributed by atoms with E-state index in [1.165, 1.54) is 18.9 Å². The highest BCUT2D eigenvalue weighted by molar-refractivity contribution is 6.01. The maximum Gasteiger partial charge on any atom is 0.255 e. The Morgan fingerprint density at radius 2 is 1.64 bits per heavy atom. The van der Waals surface area contributed by atoms with E-state index < -0.39 is 47.9 Å². The maximum absolute atomic E-state index is 13.7. The molecule has 0 aliphatic carbocycles. The van der Waals surface area contributed by atoms with Gasteiger partial charge in [-0.05, 0) is 48.2 Å². The van der Waals surface area contributed by atoms with Crippen molar-refractivity contribution in [2.45, 2.75) is 51.4 Å². The number of fused-ring (bicyclic) bond motifs is 2. The average Bonchev–Trinajstić information content (AvgIpc) is 3.37. The summed E-state index contributed by atoms with van der Waals surface area (Å²) in [6.45, 7) is 5.20. The standard InChI is InChI=1S/C30H38N4O8/c1-16(2)26-29(38)32-17(3)30(39)34-15-20(35)14-22(34)28(37)31-10-11-42-23-8-6-18(12-21(23)27(36)33-26)19-7-9-24(40-4)25(13-19)41-5/h6-9,12-13,16-17,20,22,26,35H,10-11,14-15H2,1-5H3,(H,31,37)(H,32,38)(H,33,36)/t17-,20+,22+,26+/m1/s1. The first-order chi connectivity index (χ1) is 20.0. The molecule has 1 saturated heterocycles. The molecule has 4 amide bonds. The van der Waals surface area contributed by atoms with E-state index in [4.69, 9.17) is 14.2 Å². The van der Waals surface area contributed by atoms with Crippen molar-refractivity contribution in [2.24, 2.45) is 5.92 Å². The summed E-state index contributed by atoms with van der Waals surface area (Å²) in [7, 11) is 3.08. The third kappa shape index (κ3) is 6.59. The van der Waals surface area contributed by atoms with Crippen molar-refractivity contribution in [2.75, 3.05) is 33.9 Å². The van der Waals surface area contributed by atoms with Crippen LogP contribution in [-0.4, -0.2) is 91.8 Å². The highest BCUT2D eigenvalue weighted by Gasteiger charge is 2.41. The van der Waals surface area contributed by atoms with Crippen molar-refractivity contribution in [3.8, 4) is 28.4 Å². The van der Waals surface area contributed by atoms with E-state index in [-0.39, 0.29) is 43.3 Å². The molecule has 1 fully saturated rings. The van der Waals surface area contributed by atoms with Crippen molar-refractivity contribution in [1.82, 2.24) is 20.9 Å². The first-order valence-electron chi connectivity index (χ1n) is 13.9. The summed E-state index contributed by atoms with van der Waals surface area (Å²) in [6.07, 6.45) is -0.772. The van der Waals surface area contributed by atoms with Gasteiger partial charge in [0.15, 0.2) is 11.5 Å². The fourth-order valence-electron chi connectivity index (χ4n) is 5.16. The van der Waals surface area contributed by atoms with E-state index >= 15 is 0 Å².